The van der Waals surface area contributed by atoms with Crippen LogP contribution in [0, 0.1) is 13.8 Å². The second-order valence-electron chi connectivity index (χ2n) is 11.4. The van der Waals surface area contributed by atoms with Crippen LogP contribution in [-0.2, 0) is 25.6 Å². The van der Waals surface area contributed by atoms with Gasteiger partial charge in [0, 0.05) is 11.1 Å². The van der Waals surface area contributed by atoms with Gasteiger partial charge in [-0.2, -0.15) is 8.78 Å². The van der Waals surface area contributed by atoms with Crippen LogP contribution in [-0.4, -0.2) is 16.8 Å². The van der Waals surface area contributed by atoms with E-state index in [2.05, 4.69) is 0 Å². The van der Waals surface area contributed by atoms with Gasteiger partial charge in [0.05, 0.1) is 19.6 Å². The Hall–Kier alpha value is -5.32. The number of sulfone groups is 2. The number of rotatable bonds is 10. The number of aryl methyl sites for hydroxylation is 2. The zero-order valence-corrected chi connectivity index (χ0v) is 28.0. The van der Waals surface area contributed by atoms with E-state index in [-0.39, 0.29) is 30.7 Å². The lowest BCUT2D eigenvalue weighted by Crippen LogP contribution is -2.14. The molecule has 0 unspecified atom stereocenters. The van der Waals surface area contributed by atoms with Gasteiger partial charge in [-0.1, -0.05) is 35.4 Å². The molecule has 0 saturated heterocycles. The second-order valence-corrected chi connectivity index (χ2v) is 15.3. The monoisotopic (exact) mass is 696 g/mol. The topological polar surface area (TPSA) is 86.7 Å². The molecule has 0 fully saturated rings. The molecule has 0 N–H and O–H groups in total. The molecule has 0 saturated carbocycles. The highest BCUT2D eigenvalue weighted by atomic mass is 32.2. The molecule has 248 valence electrons. The van der Waals surface area contributed by atoms with Crippen molar-refractivity contribution in [2.75, 3.05) is 0 Å². The summed E-state index contributed by atoms with van der Waals surface area (Å²) in [7, 11) is -7.39. The van der Waals surface area contributed by atoms with Crippen molar-refractivity contribution in [3.8, 4) is 23.0 Å². The molecule has 6 aromatic carbocycles. The molecule has 0 bridgehead atoms. The van der Waals surface area contributed by atoms with E-state index < -0.39 is 25.6 Å². The molecule has 0 aliphatic heterocycles. The summed E-state index contributed by atoms with van der Waals surface area (Å²) in [5.41, 5.74) is 1.40. The zero-order valence-electron chi connectivity index (χ0n) is 26.4. The van der Waals surface area contributed by atoms with Crippen molar-refractivity contribution in [1.82, 2.24) is 0 Å². The van der Waals surface area contributed by atoms with Crippen LogP contribution >= 0.6 is 0 Å². The summed E-state index contributed by atoms with van der Waals surface area (Å²) >= 11 is 0. The molecule has 0 radical (unpaired) electrons. The van der Waals surface area contributed by atoms with Gasteiger partial charge in [0.25, 0.3) is 5.92 Å². The largest absolute Gasteiger partial charge is 0.457 e. The first-order valence-electron chi connectivity index (χ1n) is 15.1. The first-order chi connectivity index (χ1) is 23.3. The van der Waals surface area contributed by atoms with Crippen LogP contribution in [0.5, 0.6) is 23.0 Å². The average Bonchev–Trinajstić information content (AvgIpc) is 3.10. The third-order valence-electron chi connectivity index (χ3n) is 7.84. The molecular weight excluding hydrogens is 667 g/mol. The molecule has 0 spiro atoms. The fraction of sp³-hybridized carbons (Fsp3) is 0.0769. The highest BCUT2D eigenvalue weighted by molar-refractivity contribution is 7.91. The van der Waals surface area contributed by atoms with E-state index in [1.54, 1.807) is 48.5 Å². The normalized spacial score (nSPS) is 12.0. The van der Waals surface area contributed by atoms with Crippen LogP contribution in [0.4, 0.5) is 8.78 Å². The van der Waals surface area contributed by atoms with Crippen LogP contribution in [0.3, 0.4) is 0 Å². The fourth-order valence-electron chi connectivity index (χ4n) is 4.98. The van der Waals surface area contributed by atoms with E-state index in [4.69, 9.17) is 9.47 Å². The van der Waals surface area contributed by atoms with E-state index in [1.807, 2.05) is 13.8 Å². The number of halogens is 2. The third-order valence-corrected chi connectivity index (χ3v) is 11.4. The zero-order chi connectivity index (χ0) is 34.8. The lowest BCUT2D eigenvalue weighted by Gasteiger charge is -2.18. The maximum Gasteiger partial charge on any atom is 0.298 e. The molecular formula is C39H30F2O6S2. The second kappa shape index (κ2) is 13.3. The molecule has 6 rings (SSSR count). The maximum absolute atomic E-state index is 15.4. The minimum atomic E-state index is -3.70. The first-order valence-corrected chi connectivity index (χ1v) is 18.1. The van der Waals surface area contributed by atoms with Crippen molar-refractivity contribution >= 4 is 19.7 Å². The lowest BCUT2D eigenvalue weighted by molar-refractivity contribution is 0.0428. The number of hydrogen-bond acceptors (Lipinski definition) is 6. The van der Waals surface area contributed by atoms with E-state index in [9.17, 15) is 16.8 Å². The molecule has 6 nitrogen and oxygen atoms in total. The predicted octanol–water partition coefficient (Wildman–Crippen LogP) is 9.69. The maximum atomic E-state index is 15.4. The summed E-state index contributed by atoms with van der Waals surface area (Å²) in [6.07, 6.45) is 0. The number of ether oxygens (including phenoxy) is 2. The van der Waals surface area contributed by atoms with E-state index >= 15 is 8.78 Å². The van der Waals surface area contributed by atoms with Crippen LogP contribution in [0.2, 0.25) is 0 Å². The summed E-state index contributed by atoms with van der Waals surface area (Å²) in [5.74, 6) is -2.03. The van der Waals surface area contributed by atoms with Crippen LogP contribution < -0.4 is 9.47 Å². The Morgan fingerprint density at radius 1 is 0.388 bits per heavy atom. The summed E-state index contributed by atoms with van der Waals surface area (Å²) in [4.78, 5) is 0.587. The van der Waals surface area contributed by atoms with Crippen molar-refractivity contribution in [1.29, 1.82) is 0 Å². The van der Waals surface area contributed by atoms with Gasteiger partial charge in [-0.15, -0.1) is 0 Å². The van der Waals surface area contributed by atoms with Gasteiger partial charge >= 0.3 is 0 Å². The highest BCUT2D eigenvalue weighted by Crippen LogP contribution is 2.38. The van der Waals surface area contributed by atoms with Gasteiger partial charge in [-0.3, -0.25) is 0 Å². The summed E-state index contributed by atoms with van der Waals surface area (Å²) < 4.78 is 94.1. The SMILES string of the molecule is Cc1ccc(S(=O)(=O)c2ccc(Oc3ccc(C(F)(F)c4ccc(Oc5ccc(S(=O)(=O)c6ccc(C)cc6)cc5)cc4)cc3)cc2)cc1. The van der Waals surface area contributed by atoms with Gasteiger partial charge in [-0.25, -0.2) is 16.8 Å². The number of alkyl halides is 2. The van der Waals surface area contributed by atoms with E-state index in [0.717, 1.165) is 11.1 Å². The Morgan fingerprint density at radius 3 is 0.878 bits per heavy atom. The Labute approximate surface area is 284 Å². The van der Waals surface area contributed by atoms with E-state index in [0.29, 0.717) is 23.0 Å². The molecule has 0 amide bonds. The van der Waals surface area contributed by atoms with Crippen molar-refractivity contribution < 1.29 is 35.1 Å². The molecule has 0 atom stereocenters. The average molecular weight is 697 g/mol. The lowest BCUT2D eigenvalue weighted by atomic mass is 10.0. The van der Waals surface area contributed by atoms with Crippen molar-refractivity contribution in [3.05, 3.63) is 168 Å². The van der Waals surface area contributed by atoms with Crippen molar-refractivity contribution in [2.24, 2.45) is 0 Å². The molecule has 6 aromatic rings. The minimum absolute atomic E-state index is 0.109. The van der Waals surface area contributed by atoms with Crippen LogP contribution in [0.25, 0.3) is 0 Å². The minimum Gasteiger partial charge on any atom is -0.457 e. The third kappa shape index (κ3) is 7.25. The smallest absolute Gasteiger partial charge is 0.298 e. The number of benzene rings is 6. The quantitative estimate of drug-likeness (QED) is 0.142. The van der Waals surface area contributed by atoms with Gasteiger partial charge in [-0.05, 0) is 135 Å². The Balaban J connectivity index is 1.09. The van der Waals surface area contributed by atoms with E-state index in [1.165, 1.54) is 97.1 Å². The summed E-state index contributed by atoms with van der Waals surface area (Å²) in [5, 5.41) is 0. The molecule has 0 aliphatic rings. The van der Waals surface area contributed by atoms with Gasteiger partial charge in [0.1, 0.15) is 23.0 Å². The number of hydrogen-bond donors (Lipinski definition) is 0. The Morgan fingerprint density at radius 2 is 0.612 bits per heavy atom. The Kier molecular flexibility index (Phi) is 9.11. The molecule has 0 aromatic heterocycles. The molecule has 10 heteroatoms. The molecule has 49 heavy (non-hydrogen) atoms. The van der Waals surface area contributed by atoms with Gasteiger partial charge in [0.2, 0.25) is 19.7 Å². The van der Waals surface area contributed by atoms with Crippen LogP contribution in [0.15, 0.2) is 165 Å². The van der Waals surface area contributed by atoms with Crippen molar-refractivity contribution in [3.63, 3.8) is 0 Å². The molecule has 0 heterocycles. The summed E-state index contributed by atoms with van der Waals surface area (Å²) in [6.45, 7) is 3.75. The first kappa shape index (κ1) is 33.6. The molecule has 0 aliphatic carbocycles. The Bertz CT molecular complexity index is 2120. The predicted molar refractivity (Wildman–Crippen MR) is 182 cm³/mol. The van der Waals surface area contributed by atoms with Gasteiger partial charge in [0.15, 0.2) is 0 Å². The van der Waals surface area contributed by atoms with Crippen molar-refractivity contribution in [2.45, 2.75) is 39.4 Å². The highest BCUT2D eigenvalue weighted by Gasteiger charge is 2.34. The standard InChI is InChI=1S/C39H30F2O6S2/c1-27-3-19-35(20-4-27)48(42,43)37-23-15-33(16-24-37)46-31-11-7-29(8-12-31)39(40,41)30-9-13-32(14-10-30)47-34-17-25-38(26-18-34)49(44,45)36-21-5-28(2)6-22-36/h3-26H,1-2H3. The van der Waals surface area contributed by atoms with Crippen LogP contribution in [0.1, 0.15) is 22.3 Å². The fourth-order valence-corrected chi connectivity index (χ4v) is 7.51. The summed E-state index contributed by atoms with van der Waals surface area (Å²) in [6, 6.07) is 35.7. The van der Waals surface area contributed by atoms with Gasteiger partial charge < -0.3 is 9.47 Å².